The van der Waals surface area contributed by atoms with E-state index in [-0.39, 0.29) is 17.1 Å². The van der Waals surface area contributed by atoms with Gasteiger partial charge in [0.2, 0.25) is 5.75 Å². The molecule has 0 unspecified atom stereocenters. The van der Waals surface area contributed by atoms with Crippen LogP contribution in [0, 0.1) is 33.1 Å². The number of hydrogen-bond donors (Lipinski definition) is 0. The van der Waals surface area contributed by atoms with Crippen molar-refractivity contribution in [2.45, 2.75) is 32.2 Å². The average molecular weight is 557 g/mol. The molecule has 0 bridgehead atoms. The van der Waals surface area contributed by atoms with Gasteiger partial charge >= 0.3 is 5.69 Å². The zero-order chi connectivity index (χ0) is 26.6. The molecule has 0 atom stereocenters. The third-order valence-electron chi connectivity index (χ3n) is 5.27. The molecule has 36 heavy (non-hydrogen) atoms. The molecule has 2 aromatic carbocycles. The second-order valence-corrected chi connectivity index (χ2v) is 15.8. The van der Waals surface area contributed by atoms with Gasteiger partial charge in [0.15, 0.2) is 11.6 Å². The number of hydrogen-bond acceptors (Lipinski definition) is 7. The fourth-order valence-corrected chi connectivity index (χ4v) is 4.47. The van der Waals surface area contributed by atoms with Gasteiger partial charge in [-0.05, 0) is 12.1 Å². The fourth-order valence-electron chi connectivity index (χ4n) is 3.28. The minimum absolute atomic E-state index is 0.0507. The number of ether oxygens (including phenoxy) is 2. The third-order valence-corrected chi connectivity index (χ3v) is 7.60. The number of nitro benzene ring substituents is 1. The summed E-state index contributed by atoms with van der Waals surface area (Å²) >= 11 is 12.5. The van der Waals surface area contributed by atoms with Gasteiger partial charge in [-0.15, -0.1) is 0 Å². The van der Waals surface area contributed by atoms with Crippen molar-refractivity contribution in [1.82, 2.24) is 9.80 Å². The predicted octanol–water partition coefficient (Wildman–Crippen LogP) is 6.62. The molecule has 0 N–H and O–H groups in total. The number of nitriles is 1. The molecule has 0 fully saturated rings. The van der Waals surface area contributed by atoms with Crippen molar-refractivity contribution in [2.75, 3.05) is 20.0 Å². The van der Waals surface area contributed by atoms with Crippen LogP contribution in [0.3, 0.4) is 0 Å². The normalized spacial score (nSPS) is 13.6. The number of halogens is 4. The van der Waals surface area contributed by atoms with Crippen LogP contribution < -0.4 is 4.74 Å². The van der Waals surface area contributed by atoms with E-state index in [1.807, 2.05) is 4.90 Å². The van der Waals surface area contributed by atoms with Gasteiger partial charge in [-0.25, -0.2) is 8.78 Å². The fraction of sp³-hybridized carbons (Fsp3) is 0.348. The highest BCUT2D eigenvalue weighted by molar-refractivity contribution is 6.76. The highest BCUT2D eigenvalue weighted by Crippen LogP contribution is 2.39. The van der Waals surface area contributed by atoms with Crippen LogP contribution >= 0.6 is 23.2 Å². The summed E-state index contributed by atoms with van der Waals surface area (Å²) in [5.41, 5.74) is -1.11. The molecule has 0 aliphatic carbocycles. The first kappa shape index (κ1) is 27.7. The third kappa shape index (κ3) is 6.85. The molecule has 2 aromatic rings. The summed E-state index contributed by atoms with van der Waals surface area (Å²) < 4.78 is 40.4. The molecule has 0 saturated heterocycles. The van der Waals surface area contributed by atoms with Crippen LogP contribution in [0.4, 0.5) is 14.5 Å². The summed E-state index contributed by atoms with van der Waals surface area (Å²) in [6.07, 6.45) is 1.70. The number of nitrogens with zero attached hydrogens (tertiary/aromatic N) is 4. The molecule has 13 heteroatoms. The summed E-state index contributed by atoms with van der Waals surface area (Å²) in [4.78, 5) is 14.0. The van der Waals surface area contributed by atoms with Crippen molar-refractivity contribution in [3.8, 4) is 17.6 Å². The van der Waals surface area contributed by atoms with E-state index in [4.69, 9.17) is 37.9 Å². The molecule has 0 saturated carbocycles. The van der Waals surface area contributed by atoms with Gasteiger partial charge in [0.05, 0.1) is 28.2 Å². The smallest absolute Gasteiger partial charge is 0.314 e. The van der Waals surface area contributed by atoms with Crippen molar-refractivity contribution in [1.29, 1.82) is 5.26 Å². The first-order valence-electron chi connectivity index (χ1n) is 10.9. The molecule has 1 aliphatic rings. The summed E-state index contributed by atoms with van der Waals surface area (Å²) in [6, 6.07) is 6.79. The quantitative estimate of drug-likeness (QED) is 0.107. The van der Waals surface area contributed by atoms with Crippen LogP contribution in [0.1, 0.15) is 11.1 Å². The van der Waals surface area contributed by atoms with E-state index < -0.39 is 47.4 Å². The molecule has 192 valence electrons. The van der Waals surface area contributed by atoms with E-state index >= 15 is 4.39 Å². The molecule has 0 aromatic heterocycles. The van der Waals surface area contributed by atoms with Crippen LogP contribution in [-0.2, 0) is 11.3 Å². The van der Waals surface area contributed by atoms with Crippen molar-refractivity contribution < 1.29 is 23.2 Å². The Bertz CT molecular complexity index is 1230. The lowest BCUT2D eigenvalue weighted by molar-refractivity contribution is -0.385. The van der Waals surface area contributed by atoms with Gasteiger partial charge in [-0.1, -0.05) is 48.9 Å². The van der Waals surface area contributed by atoms with Gasteiger partial charge in [0.25, 0.3) is 0 Å². The number of benzene rings is 2. The Morgan fingerprint density at radius 1 is 1.25 bits per heavy atom. The Morgan fingerprint density at radius 3 is 2.61 bits per heavy atom. The topological polar surface area (TPSA) is 91.9 Å². The lowest BCUT2D eigenvalue weighted by Crippen LogP contribution is -2.29. The maximum atomic E-state index is 15.4. The van der Waals surface area contributed by atoms with E-state index in [1.165, 1.54) is 12.1 Å². The van der Waals surface area contributed by atoms with Crippen LogP contribution in [0.15, 0.2) is 35.6 Å². The standard InChI is InChI=1S/C23H24Cl2F2N4O4Si/c1-36(2,3)7-6-34-14-29-12-21(25)30(13-29)11-15-4-5-17(24)23(22(15)27)35-20-8-16(10-28)18(26)9-19(20)31(32)33/h4-5,8-9,12H,6-7,11,13-14H2,1-3H3. The molecule has 1 heterocycles. The van der Waals surface area contributed by atoms with E-state index in [1.54, 1.807) is 17.2 Å². The molecule has 3 rings (SSSR count). The summed E-state index contributed by atoms with van der Waals surface area (Å²) in [5.74, 6) is -2.97. The maximum Gasteiger partial charge on any atom is 0.314 e. The highest BCUT2D eigenvalue weighted by Gasteiger charge is 2.26. The average Bonchev–Trinajstić information content (AvgIpc) is 3.15. The van der Waals surface area contributed by atoms with E-state index in [9.17, 15) is 14.5 Å². The van der Waals surface area contributed by atoms with Crippen LogP contribution in [0.5, 0.6) is 11.5 Å². The largest absolute Gasteiger partial charge is 0.445 e. The van der Waals surface area contributed by atoms with Crippen molar-refractivity contribution in [3.05, 3.63) is 73.5 Å². The molecule has 1 aliphatic heterocycles. The molecule has 0 spiro atoms. The second kappa shape index (κ2) is 11.4. The Morgan fingerprint density at radius 2 is 1.97 bits per heavy atom. The summed E-state index contributed by atoms with van der Waals surface area (Å²) in [7, 11) is -1.21. The molecule has 0 amide bonds. The van der Waals surface area contributed by atoms with Crippen molar-refractivity contribution in [2.24, 2.45) is 0 Å². The van der Waals surface area contributed by atoms with Gasteiger partial charge in [-0.2, -0.15) is 5.26 Å². The lowest BCUT2D eigenvalue weighted by atomic mass is 10.1. The van der Waals surface area contributed by atoms with E-state index in [0.717, 1.165) is 12.1 Å². The zero-order valence-electron chi connectivity index (χ0n) is 19.9. The zero-order valence-corrected chi connectivity index (χ0v) is 22.4. The second-order valence-electron chi connectivity index (χ2n) is 9.35. The summed E-state index contributed by atoms with van der Waals surface area (Å²) in [5, 5.41) is 20.6. The maximum absolute atomic E-state index is 15.4. The Hall–Kier alpha value is -2.91. The minimum atomic E-state index is -1.21. The minimum Gasteiger partial charge on any atom is -0.445 e. The Balaban J connectivity index is 1.76. The van der Waals surface area contributed by atoms with Crippen LogP contribution in [0.2, 0.25) is 30.7 Å². The van der Waals surface area contributed by atoms with Gasteiger partial charge in [-0.3, -0.25) is 10.1 Å². The highest BCUT2D eigenvalue weighted by atomic mass is 35.5. The molecular weight excluding hydrogens is 533 g/mol. The van der Waals surface area contributed by atoms with Crippen molar-refractivity contribution in [3.63, 3.8) is 0 Å². The predicted molar refractivity (Wildman–Crippen MR) is 134 cm³/mol. The van der Waals surface area contributed by atoms with Crippen LogP contribution in [-0.4, -0.2) is 42.8 Å². The Kier molecular flexibility index (Phi) is 8.79. The van der Waals surface area contributed by atoms with Gasteiger partial charge < -0.3 is 19.3 Å². The monoisotopic (exact) mass is 556 g/mol. The SMILES string of the molecule is C[Si](C)(C)CCOCN1C=C(Cl)N(Cc2ccc(Cl)c(Oc3cc(C#N)c(F)cc3[N+](=O)[O-])c2F)C1. The van der Waals surface area contributed by atoms with Crippen molar-refractivity contribution >= 4 is 37.0 Å². The van der Waals surface area contributed by atoms with Gasteiger partial charge in [0, 0.05) is 39.1 Å². The Labute approximate surface area is 218 Å². The summed E-state index contributed by atoms with van der Waals surface area (Å²) in [6.45, 7) is 8.19. The first-order chi connectivity index (χ1) is 16.9. The van der Waals surface area contributed by atoms with Gasteiger partial charge in [0.1, 0.15) is 23.8 Å². The molecule has 0 radical (unpaired) electrons. The lowest BCUT2D eigenvalue weighted by Gasteiger charge is -2.23. The van der Waals surface area contributed by atoms with E-state index in [0.29, 0.717) is 31.2 Å². The number of rotatable bonds is 10. The molecular formula is C23H24Cl2F2N4O4Si. The van der Waals surface area contributed by atoms with Crippen LogP contribution in [0.25, 0.3) is 0 Å². The molecule has 8 nitrogen and oxygen atoms in total. The van der Waals surface area contributed by atoms with E-state index in [2.05, 4.69) is 19.6 Å². The first-order valence-corrected chi connectivity index (χ1v) is 15.3. The number of nitro groups is 1.